The highest BCUT2D eigenvalue weighted by Crippen LogP contribution is 2.32. The molecule has 0 unspecified atom stereocenters. The molecule has 0 saturated carbocycles. The lowest BCUT2D eigenvalue weighted by Gasteiger charge is -2.37. The van der Waals surface area contributed by atoms with Gasteiger partial charge in [0.2, 0.25) is 14.9 Å². The maximum absolute atomic E-state index is 13.4. The Balaban J connectivity index is 1.39. The maximum atomic E-state index is 13.4. The van der Waals surface area contributed by atoms with E-state index in [-0.39, 0.29) is 21.3 Å². The highest BCUT2D eigenvalue weighted by molar-refractivity contribution is 7.91. The zero-order chi connectivity index (χ0) is 26.4. The largest absolute Gasteiger partial charge is 0.368 e. The molecule has 0 N–H and O–H groups in total. The second-order valence-corrected chi connectivity index (χ2v) is 11.1. The van der Waals surface area contributed by atoms with Crippen molar-refractivity contribution in [2.45, 2.75) is 9.92 Å². The number of hydrogen-bond donors (Lipinski definition) is 0. The smallest absolute Gasteiger partial charge is 0.269 e. The van der Waals surface area contributed by atoms with Crippen LogP contribution in [0, 0.1) is 10.1 Å². The van der Waals surface area contributed by atoms with Gasteiger partial charge in [-0.25, -0.2) is 13.4 Å². The highest BCUT2D eigenvalue weighted by atomic mass is 35.5. The van der Waals surface area contributed by atoms with E-state index in [0.29, 0.717) is 42.5 Å². The Morgan fingerprint density at radius 1 is 0.895 bits per heavy atom. The number of hydrogen-bond acceptors (Lipinski definition) is 9. The predicted molar refractivity (Wildman–Crippen MR) is 143 cm³/mol. The van der Waals surface area contributed by atoms with Crippen molar-refractivity contribution in [2.75, 3.05) is 36.0 Å². The Hall–Kier alpha value is -4.29. The van der Waals surface area contributed by atoms with Gasteiger partial charge in [-0.05, 0) is 42.5 Å². The molecule has 1 fully saturated rings. The molecule has 1 aliphatic heterocycles. The first-order chi connectivity index (χ1) is 18.3. The molecule has 0 bridgehead atoms. The SMILES string of the molecule is O=[N+]([O-])c1ccc(N2CCN(c3nc4c(S(=O)(=O)c5ccccc5)nnn4c4ccc(Cl)cc34)CC2)cc1. The Bertz CT molecular complexity index is 1790. The Morgan fingerprint density at radius 2 is 1.58 bits per heavy atom. The molecule has 0 aliphatic carbocycles. The van der Waals surface area contributed by atoms with Crippen molar-refractivity contribution in [1.29, 1.82) is 0 Å². The van der Waals surface area contributed by atoms with Gasteiger partial charge < -0.3 is 9.80 Å². The van der Waals surface area contributed by atoms with Gasteiger partial charge in [0.05, 0.1) is 15.3 Å². The number of sulfone groups is 1. The van der Waals surface area contributed by atoms with E-state index >= 15 is 0 Å². The minimum absolute atomic E-state index is 0.0453. The summed E-state index contributed by atoms with van der Waals surface area (Å²) in [7, 11) is -3.96. The minimum atomic E-state index is -3.96. The van der Waals surface area contributed by atoms with Crippen LogP contribution in [0.4, 0.5) is 17.2 Å². The average Bonchev–Trinajstić information content (AvgIpc) is 3.38. The Labute approximate surface area is 221 Å². The van der Waals surface area contributed by atoms with Gasteiger partial charge in [-0.1, -0.05) is 35.0 Å². The molecular weight excluding hydrogens is 530 g/mol. The van der Waals surface area contributed by atoms with Crippen LogP contribution in [0.15, 0.2) is 82.7 Å². The van der Waals surface area contributed by atoms with Gasteiger partial charge in [-0.3, -0.25) is 10.1 Å². The van der Waals surface area contributed by atoms with Gasteiger partial charge in [0.25, 0.3) is 5.69 Å². The third kappa shape index (κ3) is 4.07. The third-order valence-corrected chi connectivity index (χ3v) is 8.47. The molecule has 2 aromatic heterocycles. The van der Waals surface area contributed by atoms with E-state index in [1.807, 2.05) is 0 Å². The zero-order valence-corrected chi connectivity index (χ0v) is 21.4. The van der Waals surface area contributed by atoms with Crippen LogP contribution in [0.3, 0.4) is 0 Å². The van der Waals surface area contributed by atoms with Crippen molar-refractivity contribution in [3.05, 3.63) is 87.9 Å². The molecule has 6 rings (SSSR count). The molecule has 11 nitrogen and oxygen atoms in total. The van der Waals surface area contributed by atoms with E-state index < -0.39 is 14.8 Å². The summed E-state index contributed by atoms with van der Waals surface area (Å²) in [5, 5.41) is 20.2. The van der Waals surface area contributed by atoms with Gasteiger partial charge in [0, 0.05) is 54.4 Å². The number of halogens is 1. The summed E-state index contributed by atoms with van der Waals surface area (Å²) in [4.78, 5) is 19.7. The summed E-state index contributed by atoms with van der Waals surface area (Å²) in [5.74, 6) is 0.588. The molecular formula is C25H20ClN7O4S. The van der Waals surface area contributed by atoms with E-state index in [1.54, 1.807) is 48.5 Å². The van der Waals surface area contributed by atoms with Gasteiger partial charge in [-0.2, -0.15) is 4.52 Å². The standard InChI is InChI=1S/C25H20ClN7O4S/c26-17-6-11-22-21(16-17)23(31-14-12-30(13-15-31)18-7-9-19(10-8-18)33(34)35)27-24-25(28-29-32(22)24)38(36,37)20-4-2-1-3-5-20/h1-11,16H,12-15H2. The van der Waals surface area contributed by atoms with Gasteiger partial charge in [0.15, 0.2) is 5.65 Å². The number of benzene rings is 3. The van der Waals surface area contributed by atoms with Crippen molar-refractivity contribution in [3.63, 3.8) is 0 Å². The fraction of sp³-hybridized carbons (Fsp3) is 0.160. The minimum Gasteiger partial charge on any atom is -0.368 e. The number of nitro groups is 1. The van der Waals surface area contributed by atoms with Crippen LogP contribution in [0.1, 0.15) is 0 Å². The maximum Gasteiger partial charge on any atom is 0.269 e. The summed E-state index contributed by atoms with van der Waals surface area (Å²) >= 11 is 6.33. The number of piperazine rings is 1. The normalized spacial score (nSPS) is 14.3. The number of nitrogens with zero attached hydrogens (tertiary/aromatic N) is 7. The van der Waals surface area contributed by atoms with E-state index in [1.165, 1.54) is 28.8 Å². The average molecular weight is 550 g/mol. The molecule has 13 heteroatoms. The molecule has 0 radical (unpaired) electrons. The first-order valence-electron chi connectivity index (χ1n) is 11.7. The zero-order valence-electron chi connectivity index (χ0n) is 19.8. The lowest BCUT2D eigenvalue weighted by Crippen LogP contribution is -2.47. The molecule has 38 heavy (non-hydrogen) atoms. The fourth-order valence-corrected chi connectivity index (χ4v) is 6.07. The topological polar surface area (TPSA) is 127 Å². The Morgan fingerprint density at radius 3 is 2.26 bits per heavy atom. The molecule has 0 atom stereocenters. The highest BCUT2D eigenvalue weighted by Gasteiger charge is 2.29. The number of fused-ring (bicyclic) bond motifs is 3. The van der Waals surface area contributed by atoms with Crippen LogP contribution >= 0.6 is 11.6 Å². The second-order valence-electron chi connectivity index (χ2n) is 8.79. The molecule has 0 amide bonds. The van der Waals surface area contributed by atoms with Crippen LogP contribution in [0.2, 0.25) is 5.02 Å². The van der Waals surface area contributed by atoms with Gasteiger partial charge in [-0.15, -0.1) is 5.10 Å². The van der Waals surface area contributed by atoms with Crippen molar-refractivity contribution >= 4 is 55.2 Å². The van der Waals surface area contributed by atoms with Crippen LogP contribution in [-0.2, 0) is 9.84 Å². The monoisotopic (exact) mass is 549 g/mol. The summed E-state index contributed by atoms with van der Waals surface area (Å²) in [6.07, 6.45) is 0. The van der Waals surface area contributed by atoms with Crippen molar-refractivity contribution in [2.24, 2.45) is 0 Å². The molecule has 3 heterocycles. The molecule has 1 saturated heterocycles. The van der Waals surface area contributed by atoms with Crippen LogP contribution in [-0.4, -0.2) is 59.3 Å². The van der Waals surface area contributed by atoms with Crippen LogP contribution < -0.4 is 9.80 Å². The summed E-state index contributed by atoms with van der Waals surface area (Å²) in [5.41, 5.74) is 1.71. The van der Waals surface area contributed by atoms with Crippen LogP contribution in [0.25, 0.3) is 16.6 Å². The number of non-ortho nitro benzene ring substituents is 1. The quantitative estimate of drug-likeness (QED) is 0.236. The first kappa shape index (κ1) is 24.1. The van der Waals surface area contributed by atoms with E-state index in [9.17, 15) is 18.5 Å². The molecule has 1 aliphatic rings. The van der Waals surface area contributed by atoms with Crippen molar-refractivity contribution < 1.29 is 13.3 Å². The summed E-state index contributed by atoms with van der Waals surface area (Å²) in [6.45, 7) is 2.45. The lowest BCUT2D eigenvalue weighted by atomic mass is 10.2. The molecule has 0 spiro atoms. The number of nitro benzene ring substituents is 1. The first-order valence-corrected chi connectivity index (χ1v) is 13.6. The molecule has 5 aromatic rings. The summed E-state index contributed by atoms with van der Waals surface area (Å²) in [6, 6.07) is 19.8. The van der Waals surface area contributed by atoms with E-state index in [0.717, 1.165) is 11.1 Å². The fourth-order valence-electron chi connectivity index (χ4n) is 4.64. The van der Waals surface area contributed by atoms with E-state index in [4.69, 9.17) is 16.6 Å². The van der Waals surface area contributed by atoms with Crippen molar-refractivity contribution in [3.8, 4) is 0 Å². The van der Waals surface area contributed by atoms with Crippen molar-refractivity contribution in [1.82, 2.24) is 19.8 Å². The Kier molecular flexibility index (Phi) is 5.84. The van der Waals surface area contributed by atoms with Crippen LogP contribution in [0.5, 0.6) is 0 Å². The predicted octanol–water partition coefficient (Wildman–Crippen LogP) is 4.00. The molecule has 3 aromatic carbocycles. The lowest BCUT2D eigenvalue weighted by molar-refractivity contribution is -0.384. The number of anilines is 2. The number of aromatic nitrogens is 4. The van der Waals surface area contributed by atoms with Gasteiger partial charge in [0.1, 0.15) is 5.82 Å². The van der Waals surface area contributed by atoms with E-state index in [2.05, 4.69) is 20.1 Å². The van der Waals surface area contributed by atoms with Gasteiger partial charge >= 0.3 is 0 Å². The molecule has 192 valence electrons. The second kappa shape index (κ2) is 9.23. The number of rotatable bonds is 5. The summed E-state index contributed by atoms with van der Waals surface area (Å²) < 4.78 is 28.3. The third-order valence-electron chi connectivity index (χ3n) is 6.57.